The Balaban J connectivity index is 5.04. The van der Waals surface area contributed by atoms with E-state index in [1.165, 1.54) is 0 Å². The van der Waals surface area contributed by atoms with Crippen LogP contribution in [0.1, 0.15) is 0 Å². The van der Waals surface area contributed by atoms with Crippen LogP contribution in [0.2, 0.25) is 0 Å². The lowest BCUT2D eigenvalue weighted by Gasteiger charge is -2.28. The van der Waals surface area contributed by atoms with Gasteiger partial charge in [-0.25, -0.2) is 8.78 Å². The molecular formula is C4HClF8. The lowest BCUT2D eigenvalue weighted by atomic mass is 10.2. The first kappa shape index (κ1) is 12.7. The second-order valence-electron chi connectivity index (χ2n) is 2.00. The summed E-state index contributed by atoms with van der Waals surface area (Å²) in [6, 6.07) is 0. The van der Waals surface area contributed by atoms with Gasteiger partial charge in [0.15, 0.2) is 0 Å². The fourth-order valence-corrected chi connectivity index (χ4v) is 0.452. The maximum atomic E-state index is 11.8. The number of halogens is 9. The van der Waals surface area contributed by atoms with Crippen molar-refractivity contribution in [1.82, 2.24) is 0 Å². The molecule has 0 atom stereocenters. The van der Waals surface area contributed by atoms with Gasteiger partial charge >= 0.3 is 23.7 Å². The van der Waals surface area contributed by atoms with Gasteiger partial charge in [0.1, 0.15) is 0 Å². The van der Waals surface area contributed by atoms with E-state index in [0.29, 0.717) is 0 Å². The number of rotatable bonds is 3. The minimum atomic E-state index is -6.30. The molecule has 0 fully saturated rings. The quantitative estimate of drug-likeness (QED) is 0.521. The van der Waals surface area contributed by atoms with Crippen LogP contribution in [0.4, 0.5) is 35.1 Å². The van der Waals surface area contributed by atoms with Gasteiger partial charge in [-0.15, -0.1) is 0 Å². The molecular weight excluding hydrogens is 235 g/mol. The molecule has 0 bridgehead atoms. The van der Waals surface area contributed by atoms with E-state index in [1.807, 2.05) is 0 Å². The standard InChI is InChI=1S/C4HClF8/c5-4(12,13)3(10,11)2(8,9)1(6)7/h1H. The molecule has 0 aromatic rings. The smallest absolute Gasteiger partial charge is 0.203 e. The van der Waals surface area contributed by atoms with Crippen molar-refractivity contribution in [2.75, 3.05) is 0 Å². The van der Waals surface area contributed by atoms with E-state index in [9.17, 15) is 35.1 Å². The van der Waals surface area contributed by atoms with E-state index in [4.69, 9.17) is 0 Å². The van der Waals surface area contributed by atoms with Gasteiger partial charge in [-0.3, -0.25) is 0 Å². The minimum Gasteiger partial charge on any atom is -0.203 e. The third-order valence-corrected chi connectivity index (χ3v) is 1.29. The van der Waals surface area contributed by atoms with Gasteiger partial charge in [-0.2, -0.15) is 26.3 Å². The summed E-state index contributed by atoms with van der Waals surface area (Å²) in [4.78, 5) is 0. The average molecular weight is 236 g/mol. The molecule has 0 aliphatic rings. The van der Waals surface area contributed by atoms with Crippen LogP contribution < -0.4 is 0 Å². The molecule has 0 aliphatic carbocycles. The fourth-order valence-electron chi connectivity index (χ4n) is 0.326. The van der Waals surface area contributed by atoms with E-state index in [1.54, 1.807) is 0 Å². The highest BCUT2D eigenvalue weighted by Crippen LogP contribution is 2.50. The first-order valence-corrected chi connectivity index (χ1v) is 2.93. The third kappa shape index (κ3) is 1.97. The molecule has 0 saturated carbocycles. The number of hydrogen-bond donors (Lipinski definition) is 0. The molecule has 13 heavy (non-hydrogen) atoms. The van der Waals surface area contributed by atoms with Crippen LogP contribution in [0, 0.1) is 0 Å². The highest BCUT2D eigenvalue weighted by atomic mass is 35.5. The van der Waals surface area contributed by atoms with Crippen molar-refractivity contribution in [1.29, 1.82) is 0 Å². The summed E-state index contributed by atoms with van der Waals surface area (Å²) in [5, 5.41) is -5.73. The van der Waals surface area contributed by atoms with Gasteiger partial charge in [0.05, 0.1) is 0 Å². The average Bonchev–Trinajstić information content (AvgIpc) is 1.84. The zero-order valence-corrected chi connectivity index (χ0v) is 6.23. The van der Waals surface area contributed by atoms with Crippen LogP contribution in [0.15, 0.2) is 0 Å². The van der Waals surface area contributed by atoms with Gasteiger partial charge < -0.3 is 0 Å². The maximum Gasteiger partial charge on any atom is 0.392 e. The first-order valence-electron chi connectivity index (χ1n) is 2.55. The largest absolute Gasteiger partial charge is 0.392 e. The van der Waals surface area contributed by atoms with Crippen molar-refractivity contribution < 1.29 is 35.1 Å². The molecule has 0 saturated heterocycles. The molecule has 0 amide bonds. The van der Waals surface area contributed by atoms with Gasteiger partial charge in [0, 0.05) is 0 Å². The van der Waals surface area contributed by atoms with Crippen molar-refractivity contribution in [3.63, 3.8) is 0 Å². The highest BCUT2D eigenvalue weighted by molar-refractivity contribution is 6.22. The summed E-state index contributed by atoms with van der Waals surface area (Å²) in [6.07, 6.45) is -4.92. The predicted molar refractivity (Wildman–Crippen MR) is 26.7 cm³/mol. The summed E-state index contributed by atoms with van der Waals surface area (Å²) in [7, 11) is 0. The summed E-state index contributed by atoms with van der Waals surface area (Å²) in [5.74, 6) is -12.5. The Bertz CT molecular complexity index is 181. The van der Waals surface area contributed by atoms with Crippen molar-refractivity contribution in [3.05, 3.63) is 0 Å². The Morgan fingerprint density at radius 3 is 1.23 bits per heavy atom. The SMILES string of the molecule is FC(F)C(F)(F)C(F)(F)C(F)(F)Cl. The van der Waals surface area contributed by atoms with E-state index < -0.39 is 23.7 Å². The second kappa shape index (κ2) is 3.14. The zero-order valence-electron chi connectivity index (χ0n) is 5.48. The van der Waals surface area contributed by atoms with Gasteiger partial charge in [-0.05, 0) is 11.6 Å². The Kier molecular flexibility index (Phi) is 3.08. The topological polar surface area (TPSA) is 0 Å². The molecule has 9 heteroatoms. The number of alkyl halides is 9. The molecule has 0 unspecified atom stereocenters. The van der Waals surface area contributed by atoms with Crippen LogP contribution in [-0.4, -0.2) is 23.7 Å². The van der Waals surface area contributed by atoms with E-state index >= 15 is 0 Å². The van der Waals surface area contributed by atoms with Gasteiger partial charge in [0.2, 0.25) is 0 Å². The molecule has 80 valence electrons. The molecule has 0 spiro atoms. The predicted octanol–water partition coefficient (Wildman–Crippen LogP) is 3.35. The van der Waals surface area contributed by atoms with Crippen molar-refractivity contribution in [3.8, 4) is 0 Å². The lowest BCUT2D eigenvalue weighted by Crippen LogP contribution is -2.55. The molecule has 0 nitrogen and oxygen atoms in total. The lowest BCUT2D eigenvalue weighted by molar-refractivity contribution is -0.315. The molecule has 0 radical (unpaired) electrons. The van der Waals surface area contributed by atoms with E-state index in [-0.39, 0.29) is 0 Å². The van der Waals surface area contributed by atoms with Crippen LogP contribution in [0.5, 0.6) is 0 Å². The van der Waals surface area contributed by atoms with Crippen molar-refractivity contribution in [2.24, 2.45) is 0 Å². The summed E-state index contributed by atoms with van der Waals surface area (Å²) >= 11 is 3.56. The van der Waals surface area contributed by atoms with E-state index in [2.05, 4.69) is 11.6 Å². The zero-order chi connectivity index (χ0) is 11.1. The highest BCUT2D eigenvalue weighted by Gasteiger charge is 2.75. The normalized spacial score (nSPS) is 15.2. The van der Waals surface area contributed by atoms with Crippen LogP contribution in [-0.2, 0) is 0 Å². The van der Waals surface area contributed by atoms with E-state index in [0.717, 1.165) is 0 Å². The molecule has 0 aliphatic heterocycles. The summed E-state index contributed by atoms with van der Waals surface area (Å²) in [6.45, 7) is 0. The first-order chi connectivity index (χ1) is 5.44. The fraction of sp³-hybridized carbons (Fsp3) is 1.00. The summed E-state index contributed by atoms with van der Waals surface area (Å²) < 4.78 is 92.8. The Labute approximate surface area is 71.5 Å². The molecule has 0 aromatic carbocycles. The number of hydrogen-bond acceptors (Lipinski definition) is 0. The molecule has 0 aromatic heterocycles. The van der Waals surface area contributed by atoms with Gasteiger partial charge in [0.25, 0.3) is 0 Å². The minimum absolute atomic E-state index is 3.56. The Morgan fingerprint density at radius 1 is 0.846 bits per heavy atom. The van der Waals surface area contributed by atoms with Crippen LogP contribution >= 0.6 is 11.6 Å². The molecule has 0 N–H and O–H groups in total. The second-order valence-corrected chi connectivity index (χ2v) is 2.47. The molecule has 0 heterocycles. The van der Waals surface area contributed by atoms with Crippen molar-refractivity contribution in [2.45, 2.75) is 23.7 Å². The monoisotopic (exact) mass is 236 g/mol. The maximum absolute atomic E-state index is 11.8. The van der Waals surface area contributed by atoms with Crippen LogP contribution in [0.25, 0.3) is 0 Å². The van der Waals surface area contributed by atoms with Crippen LogP contribution in [0.3, 0.4) is 0 Å². The summed E-state index contributed by atoms with van der Waals surface area (Å²) in [5.41, 5.74) is 0. The Morgan fingerprint density at radius 2 is 1.15 bits per heavy atom. The molecule has 0 rings (SSSR count). The Hall–Kier alpha value is -0.270. The van der Waals surface area contributed by atoms with Crippen molar-refractivity contribution >= 4 is 11.6 Å². The van der Waals surface area contributed by atoms with Gasteiger partial charge in [-0.1, -0.05) is 0 Å². The third-order valence-electron chi connectivity index (χ3n) is 1.05.